The van der Waals surface area contributed by atoms with Gasteiger partial charge in [-0.15, -0.1) is 0 Å². The number of anilines is 2. The van der Waals surface area contributed by atoms with Gasteiger partial charge in [-0.2, -0.15) is 0 Å². The molecular weight excluding hydrogens is 320 g/mol. The van der Waals surface area contributed by atoms with Crippen LogP contribution in [0.4, 0.5) is 16.0 Å². The molecule has 0 amide bonds. The summed E-state index contributed by atoms with van der Waals surface area (Å²) in [6.45, 7) is 2.89. The summed E-state index contributed by atoms with van der Waals surface area (Å²) in [6.07, 6.45) is 3.64. The molecule has 1 aromatic heterocycles. The minimum atomic E-state index is -0.228. The van der Waals surface area contributed by atoms with Crippen LogP contribution in [0.3, 0.4) is 0 Å². The van der Waals surface area contributed by atoms with E-state index in [1.807, 2.05) is 17.7 Å². The normalized spacial score (nSPS) is 10.4. The second-order valence-electron chi connectivity index (χ2n) is 3.29. The Balaban J connectivity index is 2.27. The monoisotopic (exact) mass is 331 g/mol. The molecule has 0 saturated carbocycles. The topological polar surface area (TPSA) is 29.9 Å². The van der Waals surface area contributed by atoms with Crippen LogP contribution >= 0.6 is 22.6 Å². The van der Waals surface area contributed by atoms with E-state index in [9.17, 15) is 4.39 Å². The first-order valence-corrected chi connectivity index (χ1v) is 6.02. The van der Waals surface area contributed by atoms with Crippen LogP contribution in [0.1, 0.15) is 6.92 Å². The third kappa shape index (κ3) is 2.34. The molecule has 0 saturated heterocycles. The van der Waals surface area contributed by atoms with Crippen LogP contribution in [0.25, 0.3) is 0 Å². The largest absolute Gasteiger partial charge is 0.325 e. The third-order valence-corrected chi connectivity index (χ3v) is 3.13. The number of hydrogen-bond donors (Lipinski definition) is 1. The smallest absolute Gasteiger partial charge is 0.207 e. The maximum absolute atomic E-state index is 12.9. The summed E-state index contributed by atoms with van der Waals surface area (Å²) >= 11 is 2.10. The zero-order valence-electron chi connectivity index (χ0n) is 8.74. The number of imidazole rings is 1. The van der Waals surface area contributed by atoms with Gasteiger partial charge in [-0.05, 0) is 47.7 Å². The Morgan fingerprint density at radius 3 is 3.00 bits per heavy atom. The summed E-state index contributed by atoms with van der Waals surface area (Å²) in [6, 6.07) is 4.64. The predicted molar refractivity (Wildman–Crippen MR) is 70.3 cm³/mol. The molecular formula is C11H11FIN3. The van der Waals surface area contributed by atoms with E-state index in [1.165, 1.54) is 12.1 Å². The lowest BCUT2D eigenvalue weighted by Gasteiger charge is -2.09. The summed E-state index contributed by atoms with van der Waals surface area (Å²) in [7, 11) is 0. The number of halogens is 2. The first kappa shape index (κ1) is 11.4. The fourth-order valence-electron chi connectivity index (χ4n) is 1.40. The molecule has 0 spiro atoms. The predicted octanol–water partition coefficient (Wildman–Crippen LogP) is 3.39. The molecule has 2 aromatic rings. The SMILES string of the molecule is CCn1ccnc1Nc1ccc(F)cc1I. The second-order valence-corrected chi connectivity index (χ2v) is 4.45. The molecule has 0 bridgehead atoms. The second kappa shape index (κ2) is 4.82. The summed E-state index contributed by atoms with van der Waals surface area (Å²) < 4.78 is 15.7. The van der Waals surface area contributed by atoms with Crippen molar-refractivity contribution in [2.75, 3.05) is 5.32 Å². The molecule has 1 aromatic carbocycles. The number of benzene rings is 1. The number of hydrogen-bond acceptors (Lipinski definition) is 2. The van der Waals surface area contributed by atoms with Crippen molar-refractivity contribution in [1.29, 1.82) is 0 Å². The van der Waals surface area contributed by atoms with Crippen LogP contribution in [-0.4, -0.2) is 9.55 Å². The van der Waals surface area contributed by atoms with E-state index in [0.717, 1.165) is 21.8 Å². The molecule has 5 heteroatoms. The Bertz CT molecular complexity index is 496. The molecule has 0 unspecified atom stereocenters. The minimum absolute atomic E-state index is 0.228. The lowest BCUT2D eigenvalue weighted by atomic mass is 10.3. The molecule has 1 heterocycles. The Morgan fingerprint density at radius 2 is 2.31 bits per heavy atom. The van der Waals surface area contributed by atoms with Crippen molar-refractivity contribution in [3.05, 3.63) is 40.0 Å². The van der Waals surface area contributed by atoms with Gasteiger partial charge >= 0.3 is 0 Å². The van der Waals surface area contributed by atoms with Gasteiger partial charge in [0.1, 0.15) is 5.82 Å². The van der Waals surface area contributed by atoms with Gasteiger partial charge in [-0.3, -0.25) is 0 Å². The lowest BCUT2D eigenvalue weighted by molar-refractivity contribution is 0.627. The van der Waals surface area contributed by atoms with Gasteiger partial charge in [0.2, 0.25) is 5.95 Å². The summed E-state index contributed by atoms with van der Waals surface area (Å²) in [5.74, 6) is 0.542. The van der Waals surface area contributed by atoms with Crippen molar-refractivity contribution in [1.82, 2.24) is 9.55 Å². The highest BCUT2D eigenvalue weighted by Gasteiger charge is 2.05. The van der Waals surface area contributed by atoms with Gasteiger partial charge in [0.25, 0.3) is 0 Å². The summed E-state index contributed by atoms with van der Waals surface area (Å²) in [4.78, 5) is 4.20. The highest BCUT2D eigenvalue weighted by molar-refractivity contribution is 14.1. The fourth-order valence-corrected chi connectivity index (χ4v) is 2.01. The fraction of sp³-hybridized carbons (Fsp3) is 0.182. The molecule has 16 heavy (non-hydrogen) atoms. The van der Waals surface area contributed by atoms with Crippen molar-refractivity contribution in [2.45, 2.75) is 13.5 Å². The van der Waals surface area contributed by atoms with Crippen molar-refractivity contribution < 1.29 is 4.39 Å². The maximum atomic E-state index is 12.9. The van der Waals surface area contributed by atoms with Gasteiger partial charge in [-0.25, -0.2) is 9.37 Å². The Morgan fingerprint density at radius 1 is 1.50 bits per heavy atom. The molecule has 0 aliphatic rings. The van der Waals surface area contributed by atoms with Gasteiger partial charge in [0, 0.05) is 22.5 Å². The van der Waals surface area contributed by atoms with Gasteiger partial charge in [-0.1, -0.05) is 0 Å². The summed E-state index contributed by atoms with van der Waals surface area (Å²) in [5, 5.41) is 3.18. The van der Waals surface area contributed by atoms with Crippen LogP contribution in [0.2, 0.25) is 0 Å². The van der Waals surface area contributed by atoms with E-state index >= 15 is 0 Å². The average Bonchev–Trinajstić information content (AvgIpc) is 2.69. The third-order valence-electron chi connectivity index (χ3n) is 2.23. The van der Waals surface area contributed by atoms with Crippen molar-refractivity contribution in [3.8, 4) is 0 Å². The van der Waals surface area contributed by atoms with E-state index in [1.54, 1.807) is 12.3 Å². The molecule has 0 aliphatic carbocycles. The van der Waals surface area contributed by atoms with Gasteiger partial charge in [0.05, 0.1) is 5.69 Å². The Kier molecular flexibility index (Phi) is 3.42. The Hall–Kier alpha value is -1.11. The standard InChI is InChI=1S/C11H11FIN3/c1-2-16-6-5-14-11(16)15-10-4-3-8(12)7-9(10)13/h3-7H,2H2,1H3,(H,14,15). The van der Waals surface area contributed by atoms with Crippen LogP contribution in [-0.2, 0) is 6.54 Å². The quantitative estimate of drug-likeness (QED) is 0.874. The highest BCUT2D eigenvalue weighted by Crippen LogP contribution is 2.22. The minimum Gasteiger partial charge on any atom is -0.325 e. The molecule has 0 aliphatic heterocycles. The van der Waals surface area contributed by atoms with E-state index in [2.05, 4.69) is 32.9 Å². The number of aromatic nitrogens is 2. The van der Waals surface area contributed by atoms with E-state index in [-0.39, 0.29) is 5.82 Å². The van der Waals surface area contributed by atoms with Crippen LogP contribution in [0.5, 0.6) is 0 Å². The van der Waals surface area contributed by atoms with E-state index in [4.69, 9.17) is 0 Å². The molecule has 0 atom stereocenters. The zero-order valence-corrected chi connectivity index (χ0v) is 10.9. The molecule has 0 radical (unpaired) electrons. The lowest BCUT2D eigenvalue weighted by Crippen LogP contribution is -2.02. The van der Waals surface area contributed by atoms with Crippen molar-refractivity contribution in [3.63, 3.8) is 0 Å². The van der Waals surface area contributed by atoms with Gasteiger partial charge in [0.15, 0.2) is 0 Å². The Labute approximate surface area is 107 Å². The first-order chi connectivity index (χ1) is 7.70. The highest BCUT2D eigenvalue weighted by atomic mass is 127. The van der Waals surface area contributed by atoms with Gasteiger partial charge < -0.3 is 9.88 Å². The van der Waals surface area contributed by atoms with E-state index in [0.29, 0.717) is 0 Å². The average molecular weight is 331 g/mol. The number of aryl methyl sites for hydroxylation is 1. The van der Waals surface area contributed by atoms with Crippen LogP contribution in [0, 0.1) is 9.39 Å². The van der Waals surface area contributed by atoms with Crippen LogP contribution < -0.4 is 5.32 Å². The van der Waals surface area contributed by atoms with Crippen molar-refractivity contribution in [2.24, 2.45) is 0 Å². The molecule has 84 valence electrons. The molecule has 2 rings (SSSR count). The molecule has 3 nitrogen and oxygen atoms in total. The molecule has 0 fully saturated rings. The number of nitrogens with one attached hydrogen (secondary N) is 1. The zero-order chi connectivity index (χ0) is 11.5. The number of rotatable bonds is 3. The maximum Gasteiger partial charge on any atom is 0.207 e. The summed E-state index contributed by atoms with van der Waals surface area (Å²) in [5.41, 5.74) is 0.864. The number of nitrogens with zero attached hydrogens (tertiary/aromatic N) is 2. The van der Waals surface area contributed by atoms with Crippen LogP contribution in [0.15, 0.2) is 30.6 Å². The van der Waals surface area contributed by atoms with E-state index < -0.39 is 0 Å². The molecule has 1 N–H and O–H groups in total. The first-order valence-electron chi connectivity index (χ1n) is 4.94. The van der Waals surface area contributed by atoms with Crippen molar-refractivity contribution >= 4 is 34.2 Å².